The molecular formula is C20H29N3O2S3. The average molecular weight is 440 g/mol. The molecule has 0 N–H and O–H groups in total. The van der Waals surface area contributed by atoms with Gasteiger partial charge in [0, 0.05) is 35.4 Å². The van der Waals surface area contributed by atoms with Crippen LogP contribution in [0.5, 0.6) is 0 Å². The number of carbonyl (C=O) groups excluding carboxylic acids is 2. The molecular weight excluding hydrogens is 410 g/mol. The van der Waals surface area contributed by atoms with Gasteiger partial charge in [0.1, 0.15) is 10.4 Å². The molecule has 0 spiro atoms. The van der Waals surface area contributed by atoms with Gasteiger partial charge in [-0.2, -0.15) is 23.5 Å². The summed E-state index contributed by atoms with van der Waals surface area (Å²) >= 11 is 4.72. The topological polar surface area (TPSA) is 62.6 Å². The van der Waals surface area contributed by atoms with Crippen molar-refractivity contribution in [1.29, 1.82) is 0 Å². The fourth-order valence-corrected chi connectivity index (χ4v) is 5.80. The third-order valence-electron chi connectivity index (χ3n) is 4.51. The Labute approximate surface area is 180 Å². The molecule has 5 nitrogen and oxygen atoms in total. The molecule has 0 aliphatic carbocycles. The summed E-state index contributed by atoms with van der Waals surface area (Å²) in [6.45, 7) is 7.69. The number of nitrogens with zero attached hydrogens (tertiary/aromatic N) is 3. The molecule has 3 atom stereocenters. The van der Waals surface area contributed by atoms with E-state index in [1.54, 1.807) is 35.9 Å². The number of hydrogen-bond donors (Lipinski definition) is 0. The number of aromatic nitrogens is 1. The zero-order valence-corrected chi connectivity index (χ0v) is 19.8. The molecule has 2 heterocycles. The number of pyridine rings is 1. The lowest BCUT2D eigenvalue weighted by atomic mass is 9.93. The van der Waals surface area contributed by atoms with E-state index in [-0.39, 0.29) is 29.1 Å². The summed E-state index contributed by atoms with van der Waals surface area (Å²) in [5, 5.41) is 0.497. The molecule has 1 aliphatic rings. The maximum absolute atomic E-state index is 13.5. The van der Waals surface area contributed by atoms with E-state index < -0.39 is 5.41 Å². The van der Waals surface area contributed by atoms with Crippen LogP contribution in [0.25, 0.3) is 0 Å². The van der Waals surface area contributed by atoms with Crippen LogP contribution in [-0.2, 0) is 9.59 Å². The van der Waals surface area contributed by atoms with E-state index in [1.807, 2.05) is 52.3 Å². The summed E-state index contributed by atoms with van der Waals surface area (Å²) in [7, 11) is 0. The van der Waals surface area contributed by atoms with E-state index in [9.17, 15) is 9.59 Å². The van der Waals surface area contributed by atoms with Crippen molar-refractivity contribution in [2.75, 3.05) is 24.0 Å². The molecule has 2 amide bonds. The highest BCUT2D eigenvalue weighted by molar-refractivity contribution is 8.15. The zero-order valence-electron chi connectivity index (χ0n) is 17.3. The van der Waals surface area contributed by atoms with Gasteiger partial charge in [-0.25, -0.2) is 0 Å². The van der Waals surface area contributed by atoms with Crippen LogP contribution in [0.3, 0.4) is 0 Å². The molecule has 0 saturated carbocycles. The summed E-state index contributed by atoms with van der Waals surface area (Å²) in [6.07, 6.45) is 7.44. The first-order valence-corrected chi connectivity index (χ1v) is 12.9. The van der Waals surface area contributed by atoms with Crippen LogP contribution in [0.1, 0.15) is 33.3 Å². The molecule has 154 valence electrons. The summed E-state index contributed by atoms with van der Waals surface area (Å²) in [6, 6.07) is 3.65. The number of aliphatic imine (C=N–C) groups is 1. The molecule has 0 bridgehead atoms. The van der Waals surface area contributed by atoms with Gasteiger partial charge in [0.25, 0.3) is 0 Å². The number of carbonyl (C=O) groups is 2. The largest absolute Gasteiger partial charge is 0.274 e. The van der Waals surface area contributed by atoms with Crippen molar-refractivity contribution in [1.82, 2.24) is 9.88 Å². The lowest BCUT2D eigenvalue weighted by Crippen LogP contribution is -2.53. The normalized spacial score (nSPS) is 20.6. The highest BCUT2D eigenvalue weighted by Gasteiger charge is 2.44. The summed E-state index contributed by atoms with van der Waals surface area (Å²) < 4.78 is 0. The predicted octanol–water partition coefficient (Wildman–Crippen LogP) is 4.03. The molecule has 3 unspecified atom stereocenters. The minimum atomic E-state index is -0.620. The molecule has 1 aromatic rings. The maximum Gasteiger partial charge on any atom is 0.236 e. The van der Waals surface area contributed by atoms with E-state index in [0.29, 0.717) is 11.5 Å². The van der Waals surface area contributed by atoms with Crippen LogP contribution < -0.4 is 0 Å². The van der Waals surface area contributed by atoms with E-state index in [1.165, 1.54) is 16.7 Å². The van der Waals surface area contributed by atoms with Crippen molar-refractivity contribution in [2.24, 2.45) is 16.3 Å². The van der Waals surface area contributed by atoms with Gasteiger partial charge in [-0.05, 0) is 31.6 Å². The Morgan fingerprint density at radius 3 is 2.61 bits per heavy atom. The Hall–Kier alpha value is -0.990. The van der Waals surface area contributed by atoms with Crippen molar-refractivity contribution in [3.63, 3.8) is 0 Å². The van der Waals surface area contributed by atoms with Gasteiger partial charge in [0.05, 0.1) is 11.5 Å². The van der Waals surface area contributed by atoms with Gasteiger partial charge < -0.3 is 0 Å². The van der Waals surface area contributed by atoms with E-state index in [4.69, 9.17) is 4.99 Å². The third kappa shape index (κ3) is 5.33. The first-order chi connectivity index (χ1) is 13.2. The standard InChI is InChI=1S/C20H29N3O2S3/c1-13(11-26-5)17(24)23(19(25)20(3,4)12-27-6)18-14(2)22-16(28-18)15-8-7-9-21-10-15/h7-10,13-14,18H,11-12H2,1-6H3. The van der Waals surface area contributed by atoms with Crippen LogP contribution in [0.4, 0.5) is 0 Å². The van der Waals surface area contributed by atoms with Gasteiger partial charge in [-0.1, -0.05) is 32.5 Å². The first kappa shape index (κ1) is 23.3. The van der Waals surface area contributed by atoms with Crippen LogP contribution in [0, 0.1) is 11.3 Å². The van der Waals surface area contributed by atoms with E-state index >= 15 is 0 Å². The number of thioether (sulfide) groups is 3. The zero-order chi connectivity index (χ0) is 20.9. The molecule has 1 aromatic heterocycles. The third-order valence-corrected chi connectivity index (χ3v) is 7.76. The number of hydrogen-bond acceptors (Lipinski definition) is 7. The van der Waals surface area contributed by atoms with Gasteiger partial charge in [-0.15, -0.1) is 0 Å². The molecule has 0 fully saturated rings. The van der Waals surface area contributed by atoms with Crippen LogP contribution >= 0.6 is 35.3 Å². The lowest BCUT2D eigenvalue weighted by Gasteiger charge is -2.36. The Bertz CT molecular complexity index is 725. The molecule has 0 aromatic carbocycles. The van der Waals surface area contributed by atoms with Crippen LogP contribution in [0.15, 0.2) is 29.5 Å². The minimum absolute atomic E-state index is 0.111. The number of rotatable bonds is 8. The lowest BCUT2D eigenvalue weighted by molar-refractivity contribution is -0.152. The summed E-state index contributed by atoms with van der Waals surface area (Å²) in [4.78, 5) is 37.2. The Kier molecular flexibility index (Phi) is 8.45. The fourth-order valence-electron chi connectivity index (χ4n) is 3.04. The molecule has 8 heteroatoms. The minimum Gasteiger partial charge on any atom is -0.274 e. The number of imide groups is 1. The second kappa shape index (κ2) is 10.2. The van der Waals surface area contributed by atoms with Gasteiger partial charge in [-0.3, -0.25) is 24.5 Å². The Morgan fingerprint density at radius 1 is 1.32 bits per heavy atom. The van der Waals surface area contributed by atoms with Gasteiger partial charge in [0.2, 0.25) is 11.8 Å². The second-order valence-corrected chi connectivity index (χ2v) is 10.5. The predicted molar refractivity (Wildman–Crippen MR) is 123 cm³/mol. The molecule has 2 rings (SSSR count). The van der Waals surface area contributed by atoms with Crippen molar-refractivity contribution in [3.8, 4) is 0 Å². The molecule has 1 aliphatic heterocycles. The van der Waals surface area contributed by atoms with Gasteiger partial charge in [0.15, 0.2) is 0 Å². The summed E-state index contributed by atoms with van der Waals surface area (Å²) in [5.41, 5.74) is 0.299. The second-order valence-electron chi connectivity index (χ2n) is 7.61. The van der Waals surface area contributed by atoms with Crippen molar-refractivity contribution in [3.05, 3.63) is 30.1 Å². The highest BCUT2D eigenvalue weighted by Crippen LogP contribution is 2.36. The van der Waals surface area contributed by atoms with Crippen molar-refractivity contribution >= 4 is 52.1 Å². The SMILES string of the molecule is CSCC(C)C(=O)N(C(=O)C(C)(C)CSC)C1SC(c2cccnc2)=NC1C. The fraction of sp³-hybridized carbons (Fsp3) is 0.600. The van der Waals surface area contributed by atoms with Crippen molar-refractivity contribution in [2.45, 2.75) is 39.1 Å². The van der Waals surface area contributed by atoms with Crippen molar-refractivity contribution < 1.29 is 9.59 Å². The number of amides is 2. The molecule has 28 heavy (non-hydrogen) atoms. The maximum atomic E-state index is 13.5. The van der Waals surface area contributed by atoms with Crippen LogP contribution in [-0.4, -0.2) is 62.2 Å². The van der Waals surface area contributed by atoms with Gasteiger partial charge >= 0.3 is 0 Å². The quantitative estimate of drug-likeness (QED) is 0.609. The molecule has 0 radical (unpaired) electrons. The van der Waals surface area contributed by atoms with E-state index in [0.717, 1.165) is 10.6 Å². The van der Waals surface area contributed by atoms with E-state index in [2.05, 4.69) is 4.98 Å². The molecule has 0 saturated heterocycles. The Morgan fingerprint density at radius 2 is 2.04 bits per heavy atom. The van der Waals surface area contributed by atoms with Crippen LogP contribution in [0.2, 0.25) is 0 Å². The Balaban J connectivity index is 2.34. The first-order valence-electron chi connectivity index (χ1n) is 9.23. The summed E-state index contributed by atoms with van der Waals surface area (Å²) in [5.74, 6) is 0.897. The average Bonchev–Trinajstić information content (AvgIpc) is 3.04. The smallest absolute Gasteiger partial charge is 0.236 e. The monoisotopic (exact) mass is 439 g/mol. The highest BCUT2D eigenvalue weighted by atomic mass is 32.2.